The lowest BCUT2D eigenvalue weighted by Gasteiger charge is -2.51. The van der Waals surface area contributed by atoms with Crippen LogP contribution in [0, 0.1) is 26.7 Å². The summed E-state index contributed by atoms with van der Waals surface area (Å²) in [5.74, 6) is 0.396. The van der Waals surface area contributed by atoms with Crippen molar-refractivity contribution in [2.45, 2.75) is 166 Å². The number of hydrogen-bond donors (Lipinski definition) is 0. The smallest absolute Gasteiger partial charge is 0.0656 e. The molecule has 0 heterocycles. The Morgan fingerprint density at radius 2 is 0.527 bits per heavy atom. The van der Waals surface area contributed by atoms with Crippen molar-refractivity contribution in [3.05, 3.63) is 75.0 Å². The van der Waals surface area contributed by atoms with Gasteiger partial charge in [0.15, 0.2) is 8.07 Å². The van der Waals surface area contributed by atoms with Crippen molar-refractivity contribution in [3.8, 4) is 0 Å². The fourth-order valence-corrected chi connectivity index (χ4v) is 35.7. The molecule has 3 aromatic rings. The summed E-state index contributed by atoms with van der Waals surface area (Å²) in [6.45, 7) is 65.6. The zero-order chi connectivity index (χ0) is 42.6. The molecule has 0 spiro atoms. The summed E-state index contributed by atoms with van der Waals surface area (Å²) in [6.07, 6.45) is 0. The normalized spacial score (nSPS) is 16.9. The molecule has 0 saturated carbocycles. The summed E-state index contributed by atoms with van der Waals surface area (Å²) in [5.41, 5.74) is 9.19. The molecule has 7 heteroatoms. The molecule has 4 rings (SSSR count). The van der Waals surface area contributed by atoms with Crippen LogP contribution in [0.15, 0.2) is 58.3 Å². The number of benzene rings is 3. The second-order valence-electron chi connectivity index (χ2n) is 24.0. The molecular formula is C48H82Si7. The molecule has 1 unspecified atom stereocenters. The Balaban J connectivity index is 2.85. The van der Waals surface area contributed by atoms with E-state index in [0.29, 0.717) is 5.92 Å². The Bertz CT molecular complexity index is 1770. The molecular weight excluding hydrogens is 773 g/mol. The third-order valence-corrected chi connectivity index (χ3v) is 31.9. The maximum Gasteiger partial charge on any atom is 0.175 e. The van der Waals surface area contributed by atoms with Gasteiger partial charge in [-0.05, 0) is 68.6 Å². The van der Waals surface area contributed by atoms with E-state index in [0.717, 1.165) is 0 Å². The minimum atomic E-state index is -3.15. The molecule has 0 aromatic heterocycles. The van der Waals surface area contributed by atoms with Crippen molar-refractivity contribution in [2.75, 3.05) is 0 Å². The van der Waals surface area contributed by atoms with Gasteiger partial charge < -0.3 is 0 Å². The van der Waals surface area contributed by atoms with Gasteiger partial charge in [0.2, 0.25) is 0 Å². The minimum Gasteiger partial charge on any atom is -0.0656 e. The molecule has 0 aliphatic heterocycles. The lowest BCUT2D eigenvalue weighted by Crippen LogP contribution is -2.89. The van der Waals surface area contributed by atoms with Gasteiger partial charge in [-0.15, -0.1) is 0 Å². The van der Waals surface area contributed by atoms with E-state index in [2.05, 4.69) is 203 Å². The van der Waals surface area contributed by atoms with Crippen LogP contribution in [-0.4, -0.2) is 56.5 Å². The highest BCUT2D eigenvalue weighted by atomic mass is 28.3. The number of aryl methyl sites for hydroxylation is 3. The van der Waals surface area contributed by atoms with Gasteiger partial charge in [0.05, 0.1) is 48.4 Å². The molecule has 0 N–H and O–H groups in total. The third-order valence-electron chi connectivity index (χ3n) is 12.9. The molecule has 1 aliphatic carbocycles. The van der Waals surface area contributed by atoms with Crippen LogP contribution in [-0.2, 0) is 0 Å². The van der Waals surface area contributed by atoms with Crippen LogP contribution in [0.5, 0.6) is 0 Å². The highest BCUT2D eigenvalue weighted by Gasteiger charge is 2.57. The minimum absolute atomic E-state index is 0.396. The predicted octanol–water partition coefficient (Wildman–Crippen LogP) is 9.20. The number of hydrogen-bond acceptors (Lipinski definition) is 0. The molecule has 0 amide bonds. The SMILES string of the molecule is CC1=C(C)C(C)C([Si](c2c([Si](C)(C)C)cc(C)cc2[Si](C)(C)C)(c2c([Si](C)(C)C)cc(C)cc2[Si](C)(C)C)c2c([Si](C)(C)C)cc(C)cc2[Si](C)(C)C)=C1C. The molecule has 302 valence electrons. The van der Waals surface area contributed by atoms with Gasteiger partial charge in [0.25, 0.3) is 0 Å². The molecule has 0 radical (unpaired) electrons. The zero-order valence-corrected chi connectivity index (χ0v) is 47.5. The van der Waals surface area contributed by atoms with Crippen LogP contribution in [0.4, 0.5) is 0 Å². The van der Waals surface area contributed by atoms with Crippen LogP contribution in [0.1, 0.15) is 44.4 Å². The molecule has 1 atom stereocenters. The first-order valence-corrected chi connectivity index (χ1v) is 44.4. The fraction of sp³-hybridized carbons (Fsp3) is 0.542. The maximum atomic E-state index is 2.74. The molecule has 1 aliphatic rings. The first kappa shape index (κ1) is 46.3. The van der Waals surface area contributed by atoms with E-state index in [1.54, 1.807) is 47.8 Å². The van der Waals surface area contributed by atoms with Gasteiger partial charge in [0, 0.05) is 0 Å². The van der Waals surface area contributed by atoms with E-state index in [1.807, 2.05) is 20.8 Å². The van der Waals surface area contributed by atoms with Crippen molar-refractivity contribution in [3.63, 3.8) is 0 Å². The van der Waals surface area contributed by atoms with Crippen molar-refractivity contribution < 1.29 is 0 Å². The molecule has 0 saturated heterocycles. The van der Waals surface area contributed by atoms with Gasteiger partial charge >= 0.3 is 0 Å². The van der Waals surface area contributed by atoms with Crippen molar-refractivity contribution >= 4 is 103 Å². The van der Waals surface area contributed by atoms with Gasteiger partial charge in [-0.1, -0.05) is 225 Å². The summed E-state index contributed by atoms with van der Waals surface area (Å²) in [6, 6.07) is 16.4. The van der Waals surface area contributed by atoms with E-state index >= 15 is 0 Å². The monoisotopic (exact) mass is 854 g/mol. The molecule has 0 fully saturated rings. The summed E-state index contributed by atoms with van der Waals surface area (Å²) in [5, 5.41) is 18.0. The Labute approximate surface area is 348 Å². The Hall–Kier alpha value is -1.34. The molecule has 55 heavy (non-hydrogen) atoms. The summed E-state index contributed by atoms with van der Waals surface area (Å²) >= 11 is 0. The van der Waals surface area contributed by atoms with Crippen LogP contribution in [0.25, 0.3) is 0 Å². The fourth-order valence-electron chi connectivity index (χ4n) is 9.87. The van der Waals surface area contributed by atoms with Crippen LogP contribution in [0.3, 0.4) is 0 Å². The lowest BCUT2D eigenvalue weighted by atomic mass is 10.1. The summed E-state index contributed by atoms with van der Waals surface area (Å²) in [7, 11) is -14.7. The van der Waals surface area contributed by atoms with E-state index in [9.17, 15) is 0 Å². The Morgan fingerprint density at radius 3 is 0.673 bits per heavy atom. The largest absolute Gasteiger partial charge is 0.175 e. The van der Waals surface area contributed by atoms with E-state index < -0.39 is 56.5 Å². The second-order valence-corrected chi connectivity index (χ2v) is 57.8. The number of rotatable bonds is 10. The average Bonchev–Trinajstić information content (AvgIpc) is 3.17. The predicted molar refractivity (Wildman–Crippen MR) is 276 cm³/mol. The van der Waals surface area contributed by atoms with Gasteiger partial charge in [0.1, 0.15) is 0 Å². The van der Waals surface area contributed by atoms with Crippen molar-refractivity contribution in [2.24, 2.45) is 5.92 Å². The van der Waals surface area contributed by atoms with Gasteiger partial charge in [-0.2, -0.15) is 0 Å². The van der Waals surface area contributed by atoms with Gasteiger partial charge in [-0.3, -0.25) is 0 Å². The second kappa shape index (κ2) is 14.7. The van der Waals surface area contributed by atoms with Crippen LogP contribution in [0.2, 0.25) is 118 Å². The highest BCUT2D eigenvalue weighted by molar-refractivity contribution is 7.27. The quantitative estimate of drug-likeness (QED) is 0.141. The number of allylic oxidation sites excluding steroid dienone is 4. The van der Waals surface area contributed by atoms with E-state index in [-0.39, 0.29) is 0 Å². The molecule has 3 aromatic carbocycles. The zero-order valence-electron chi connectivity index (χ0n) is 40.5. The van der Waals surface area contributed by atoms with Crippen molar-refractivity contribution in [1.82, 2.24) is 0 Å². The first-order valence-electron chi connectivity index (χ1n) is 21.4. The maximum absolute atomic E-state index is 3.15. The summed E-state index contributed by atoms with van der Waals surface area (Å²) in [4.78, 5) is 0. The van der Waals surface area contributed by atoms with Crippen LogP contribution < -0.4 is 46.7 Å². The lowest BCUT2D eigenvalue weighted by molar-refractivity contribution is 0.852. The Kier molecular flexibility index (Phi) is 12.4. The molecule has 0 bridgehead atoms. The topological polar surface area (TPSA) is 0 Å². The van der Waals surface area contributed by atoms with E-state index in [4.69, 9.17) is 0 Å². The first-order chi connectivity index (χ1) is 24.5. The van der Waals surface area contributed by atoms with E-state index in [1.165, 1.54) is 16.7 Å². The average molecular weight is 856 g/mol. The highest BCUT2D eigenvalue weighted by Crippen LogP contribution is 2.42. The van der Waals surface area contributed by atoms with Crippen molar-refractivity contribution in [1.29, 1.82) is 0 Å². The standard InChI is InChI=1S/C48H82Si7/c1-32-26-39(49(8,9)10)46(40(27-32)50(11,12)13)55(45-37(6)35(4)36(5)38(45)7,47-41(51(14,15)16)28-33(2)29-42(47)52(17,18)19)48-43(53(20,21)22)30-34(3)31-44(48)54(23,24)25/h26-31,37H,1-25H3. The Morgan fingerprint density at radius 1 is 0.327 bits per heavy atom. The third kappa shape index (κ3) is 8.42. The summed E-state index contributed by atoms with van der Waals surface area (Å²) < 4.78 is 0. The molecule has 0 nitrogen and oxygen atoms in total. The van der Waals surface area contributed by atoms with Crippen LogP contribution >= 0.6 is 0 Å². The van der Waals surface area contributed by atoms with Gasteiger partial charge in [-0.25, -0.2) is 0 Å².